The number of benzene rings is 10. The molecule has 0 bridgehead atoms. The molecule has 0 radical (unpaired) electrons. The Morgan fingerprint density at radius 1 is 0.329 bits per heavy atom. The Labute approximate surface area is 413 Å². The summed E-state index contributed by atoms with van der Waals surface area (Å²) in [5.41, 5.74) is 10.1. The van der Waals surface area contributed by atoms with Crippen LogP contribution in [0.3, 0.4) is 0 Å². The van der Waals surface area contributed by atoms with Crippen LogP contribution in [0.1, 0.15) is 11.0 Å². The fraction of sp³-hybridized carbons (Fsp3) is 0. The molecule has 6 nitrogen and oxygen atoms in total. The lowest BCUT2D eigenvalue weighted by atomic mass is 9.93. The number of rotatable bonds is 6. The van der Waals surface area contributed by atoms with E-state index in [-0.39, 0.29) is 59.1 Å². The molecule has 0 N–H and O–H groups in total. The van der Waals surface area contributed by atoms with Crippen molar-refractivity contribution < 1.29 is 11.0 Å². The largest absolute Gasteiger partial charge is 0.309 e. The van der Waals surface area contributed by atoms with E-state index >= 15 is 0 Å². The summed E-state index contributed by atoms with van der Waals surface area (Å²) in [7, 11) is 0. The fourth-order valence-electron chi connectivity index (χ4n) is 11.0. The molecule has 0 saturated heterocycles. The molecule has 0 amide bonds. The third-order valence-corrected chi connectivity index (χ3v) is 13.9. The monoisotopic (exact) mass is 900 g/mol. The summed E-state index contributed by atoms with van der Waals surface area (Å²) in [5.74, 6) is 0.336. The first kappa shape index (κ1) is 31.5. The van der Waals surface area contributed by atoms with E-state index in [0.717, 1.165) is 66.1 Å². The van der Waals surface area contributed by atoms with Gasteiger partial charge in [-0.05, 0) is 66.2 Å². The quantitative estimate of drug-likeness (QED) is 0.167. The second kappa shape index (κ2) is 15.0. The van der Waals surface area contributed by atoms with Gasteiger partial charge in [0.1, 0.15) is 5.82 Å². The van der Waals surface area contributed by atoms with E-state index in [2.05, 4.69) is 106 Å². The highest BCUT2D eigenvalue weighted by Crippen LogP contribution is 2.46. The van der Waals surface area contributed by atoms with Crippen molar-refractivity contribution in [2.75, 3.05) is 0 Å². The summed E-state index contributed by atoms with van der Waals surface area (Å²) in [5, 5.41) is 6.05. The van der Waals surface area contributed by atoms with Gasteiger partial charge in [-0.3, -0.25) is 9.13 Å². The molecule has 15 rings (SSSR count). The average Bonchev–Trinajstić information content (AvgIpc) is 4.40. The van der Waals surface area contributed by atoms with Gasteiger partial charge in [-0.15, -0.1) is 0 Å². The minimum Gasteiger partial charge on any atom is -0.309 e. The van der Waals surface area contributed by atoms with Gasteiger partial charge in [0, 0.05) is 66.0 Å². The van der Waals surface area contributed by atoms with E-state index in [4.69, 9.17) is 15.5 Å². The first-order chi connectivity index (χ1) is 38.1. The van der Waals surface area contributed by atoms with Crippen LogP contribution in [0.2, 0.25) is 0 Å². The molecule has 0 unspecified atom stereocenters. The fourth-order valence-corrected chi connectivity index (χ4v) is 11.0. The number of para-hydroxylation sites is 9. The van der Waals surface area contributed by atoms with Crippen LogP contribution >= 0.6 is 0 Å². The zero-order valence-electron chi connectivity index (χ0n) is 45.2. The predicted octanol–water partition coefficient (Wildman–Crippen LogP) is 16.2. The summed E-state index contributed by atoms with van der Waals surface area (Å²) < 4.78 is 81.5. The highest BCUT2D eigenvalue weighted by Gasteiger charge is 2.26. The van der Waals surface area contributed by atoms with E-state index in [0.29, 0.717) is 43.8 Å². The lowest BCUT2D eigenvalue weighted by Gasteiger charge is -2.21. The van der Waals surface area contributed by atoms with Crippen molar-refractivity contribution in [3.8, 4) is 45.5 Å². The van der Waals surface area contributed by atoms with E-state index < -0.39 is 12.1 Å². The van der Waals surface area contributed by atoms with Crippen LogP contribution in [0.15, 0.2) is 242 Å². The highest BCUT2D eigenvalue weighted by atomic mass is 15.2. The molecule has 5 aromatic heterocycles. The standard InChI is InChI=1S/C64H40N6/c1-2-20-41(21-3-1)67-53-32-11-10-28-48(53)50-30-18-31-51(63(50)67)49-29-19-39-60(68-54-33-12-4-22-42(54)43-23-5-13-34-55(43)68)62(49)52-40-61(69-56-35-14-6-24-44(56)45-25-7-15-36-57(45)69)66-64(65-52)70-58-37-16-8-26-46(58)47-27-9-17-38-59(47)70/h1-40H/i6D,8D,14D,16D,24D,26D,35D,37D. The molecule has 326 valence electrons. The molecule has 0 fully saturated rings. The Morgan fingerprint density at radius 2 is 0.786 bits per heavy atom. The molecule has 0 aliphatic rings. The van der Waals surface area contributed by atoms with Crippen molar-refractivity contribution in [2.45, 2.75) is 0 Å². The lowest BCUT2D eigenvalue weighted by molar-refractivity contribution is 0.951. The molecule has 0 aliphatic heterocycles. The summed E-state index contributed by atoms with van der Waals surface area (Å²) in [4.78, 5) is 11.1. The normalized spacial score (nSPS) is 13.6. The summed E-state index contributed by atoms with van der Waals surface area (Å²) in [6.07, 6.45) is 0. The molecule has 5 heterocycles. The maximum Gasteiger partial charge on any atom is 0.237 e. The molecule has 0 atom stereocenters. The van der Waals surface area contributed by atoms with Crippen LogP contribution in [-0.2, 0) is 0 Å². The van der Waals surface area contributed by atoms with Crippen molar-refractivity contribution in [1.82, 2.24) is 28.2 Å². The van der Waals surface area contributed by atoms with Crippen molar-refractivity contribution in [3.63, 3.8) is 0 Å². The number of hydrogen-bond acceptors (Lipinski definition) is 2. The SMILES string of the molecule is [2H]c1c([2H])c([2H])c2c(c1[2H])c1ccccc1n2-c1cc(-c2c(-c3cccc4c5ccccc5n(-c5ccccc5)c34)cccc2-n2c3ccccc3c3ccccc32)nc(-n2c3ccccc3c3c([2H])c([2H])c([2H])c([2H])c32)n1. The molecule has 0 saturated carbocycles. The number of nitrogens with zero attached hydrogens (tertiary/aromatic N) is 6. The van der Waals surface area contributed by atoms with Crippen molar-refractivity contribution in [2.24, 2.45) is 0 Å². The molecular formula is C64H40N6. The zero-order chi connectivity index (χ0) is 52.8. The lowest BCUT2D eigenvalue weighted by Crippen LogP contribution is -2.09. The van der Waals surface area contributed by atoms with E-state index in [9.17, 15) is 5.48 Å². The summed E-state index contributed by atoms with van der Waals surface area (Å²) in [6.45, 7) is 0. The number of aromatic nitrogens is 6. The summed E-state index contributed by atoms with van der Waals surface area (Å²) >= 11 is 0. The van der Waals surface area contributed by atoms with Gasteiger partial charge in [0.05, 0.1) is 66.5 Å². The molecule has 15 aromatic rings. The third-order valence-electron chi connectivity index (χ3n) is 13.9. The second-order valence-corrected chi connectivity index (χ2v) is 17.5. The number of hydrogen-bond donors (Lipinski definition) is 0. The van der Waals surface area contributed by atoms with Gasteiger partial charge in [0.2, 0.25) is 5.95 Å². The minimum atomic E-state index is -0.410. The predicted molar refractivity (Wildman–Crippen MR) is 290 cm³/mol. The summed E-state index contributed by atoms with van der Waals surface area (Å²) in [6, 6.07) is 62.4. The van der Waals surface area contributed by atoms with Crippen molar-refractivity contribution in [3.05, 3.63) is 242 Å². The van der Waals surface area contributed by atoms with E-state index in [1.165, 1.54) is 0 Å². The molecule has 10 aromatic carbocycles. The van der Waals surface area contributed by atoms with Gasteiger partial charge in [-0.1, -0.05) is 176 Å². The molecule has 6 heteroatoms. The van der Waals surface area contributed by atoms with Crippen LogP contribution in [-0.4, -0.2) is 28.2 Å². The smallest absolute Gasteiger partial charge is 0.237 e. The Bertz CT molecular complexity index is 4880. The van der Waals surface area contributed by atoms with Gasteiger partial charge in [0.25, 0.3) is 0 Å². The molecule has 70 heavy (non-hydrogen) atoms. The second-order valence-electron chi connectivity index (χ2n) is 17.5. The van der Waals surface area contributed by atoms with E-state index in [1.54, 1.807) is 9.13 Å². The average molecular weight is 901 g/mol. The number of fused-ring (bicyclic) bond motifs is 12. The van der Waals surface area contributed by atoms with Crippen molar-refractivity contribution >= 4 is 87.2 Å². The van der Waals surface area contributed by atoms with Crippen LogP contribution in [0.25, 0.3) is 133 Å². The van der Waals surface area contributed by atoms with Crippen molar-refractivity contribution in [1.29, 1.82) is 0 Å². The minimum absolute atomic E-state index is 0.0741. The Morgan fingerprint density at radius 3 is 1.41 bits per heavy atom. The Hall–Kier alpha value is -9.52. The van der Waals surface area contributed by atoms with Gasteiger partial charge < -0.3 is 9.13 Å². The third kappa shape index (κ3) is 5.50. The van der Waals surface area contributed by atoms with Gasteiger partial charge in [0.15, 0.2) is 0 Å². The van der Waals surface area contributed by atoms with Crippen LogP contribution < -0.4 is 0 Å². The molecule has 0 aliphatic carbocycles. The molecule has 0 spiro atoms. The Kier molecular flexibility index (Phi) is 6.74. The zero-order valence-corrected chi connectivity index (χ0v) is 37.2. The van der Waals surface area contributed by atoms with Crippen LogP contribution in [0.5, 0.6) is 0 Å². The highest BCUT2D eigenvalue weighted by molar-refractivity contribution is 6.16. The van der Waals surface area contributed by atoms with Gasteiger partial charge >= 0.3 is 0 Å². The van der Waals surface area contributed by atoms with Gasteiger partial charge in [-0.2, -0.15) is 4.98 Å². The topological polar surface area (TPSA) is 45.5 Å². The maximum absolute atomic E-state index is 9.56. The van der Waals surface area contributed by atoms with Gasteiger partial charge in [-0.25, -0.2) is 4.98 Å². The van der Waals surface area contributed by atoms with Crippen LogP contribution in [0, 0.1) is 0 Å². The first-order valence-electron chi connectivity index (χ1n) is 27.2. The molecular weight excluding hydrogens is 853 g/mol. The van der Waals surface area contributed by atoms with Crippen LogP contribution in [0.4, 0.5) is 0 Å². The maximum atomic E-state index is 9.56. The first-order valence-corrected chi connectivity index (χ1v) is 23.2. The van der Waals surface area contributed by atoms with E-state index in [1.807, 2.05) is 97.1 Å². The Balaban J connectivity index is 1.17.